The van der Waals surface area contributed by atoms with Crippen LogP contribution in [0.15, 0.2) is 12.3 Å². The van der Waals surface area contributed by atoms with Crippen LogP contribution in [0.2, 0.25) is 0 Å². The summed E-state index contributed by atoms with van der Waals surface area (Å²) in [6, 6.07) is -1.58. The van der Waals surface area contributed by atoms with Crippen LogP contribution >= 0.6 is 0 Å². The van der Waals surface area contributed by atoms with Crippen LogP contribution in [0, 0.1) is 11.8 Å². The van der Waals surface area contributed by atoms with E-state index in [0.29, 0.717) is 6.42 Å². The minimum atomic E-state index is -1.32. The van der Waals surface area contributed by atoms with Gasteiger partial charge in [-0.2, -0.15) is 0 Å². The smallest absolute Gasteiger partial charge is 0.351 e. The fourth-order valence-electron chi connectivity index (χ4n) is 1.56. The molecule has 0 bridgehead atoms. The number of hydrogen-bond acceptors (Lipinski definition) is 4. The summed E-state index contributed by atoms with van der Waals surface area (Å²) >= 11 is 0. The Labute approximate surface area is 125 Å². The molecule has 21 heavy (non-hydrogen) atoms. The first-order chi connectivity index (χ1) is 9.56. The van der Waals surface area contributed by atoms with E-state index >= 15 is 0 Å². The number of aliphatic carboxylic acids is 1. The van der Waals surface area contributed by atoms with E-state index in [1.54, 1.807) is 13.8 Å². The van der Waals surface area contributed by atoms with Crippen LogP contribution < -0.4 is 16.4 Å². The second-order valence-electron chi connectivity index (χ2n) is 5.73. The van der Waals surface area contributed by atoms with Crippen molar-refractivity contribution in [2.45, 2.75) is 46.2 Å². The zero-order valence-electron chi connectivity index (χ0n) is 13.0. The summed E-state index contributed by atoms with van der Waals surface area (Å²) in [5, 5.41) is 13.4. The average molecular weight is 299 g/mol. The van der Waals surface area contributed by atoms with E-state index in [-0.39, 0.29) is 11.8 Å². The molecule has 7 heteroatoms. The minimum absolute atomic E-state index is 0.0678. The second-order valence-corrected chi connectivity index (χ2v) is 5.73. The lowest BCUT2D eigenvalue weighted by Gasteiger charge is -2.23. The van der Waals surface area contributed by atoms with Crippen LogP contribution in [-0.2, 0) is 14.4 Å². The van der Waals surface area contributed by atoms with E-state index in [1.807, 2.05) is 13.8 Å². The van der Waals surface area contributed by atoms with Crippen molar-refractivity contribution < 1.29 is 19.5 Å². The second kappa shape index (κ2) is 8.41. The molecule has 120 valence electrons. The Morgan fingerprint density at radius 2 is 1.67 bits per heavy atom. The molecule has 0 aromatic heterocycles. The van der Waals surface area contributed by atoms with Gasteiger partial charge in [0.25, 0.3) is 0 Å². The van der Waals surface area contributed by atoms with E-state index < -0.39 is 35.6 Å². The molecule has 0 aliphatic rings. The maximum atomic E-state index is 12.0. The van der Waals surface area contributed by atoms with Crippen LogP contribution in [0.5, 0.6) is 0 Å². The average Bonchev–Trinajstić information content (AvgIpc) is 2.35. The number of nitrogens with two attached hydrogens (primary N) is 1. The Morgan fingerprint density at radius 1 is 1.14 bits per heavy atom. The first-order valence-electron chi connectivity index (χ1n) is 6.85. The number of hydrogen-bond donors (Lipinski definition) is 4. The molecule has 0 radical (unpaired) electrons. The monoisotopic (exact) mass is 299 g/mol. The fraction of sp³-hybridized carbons (Fsp3) is 0.643. The van der Waals surface area contributed by atoms with Crippen molar-refractivity contribution in [1.82, 2.24) is 10.6 Å². The van der Waals surface area contributed by atoms with Gasteiger partial charge in [-0.1, -0.05) is 34.3 Å². The Morgan fingerprint density at radius 3 is 2.05 bits per heavy atom. The van der Waals surface area contributed by atoms with Gasteiger partial charge in [-0.3, -0.25) is 9.59 Å². The lowest BCUT2D eigenvalue weighted by atomic mass is 10.0. The molecule has 0 fully saturated rings. The van der Waals surface area contributed by atoms with Gasteiger partial charge in [-0.25, -0.2) is 4.79 Å². The molecule has 0 heterocycles. The third kappa shape index (κ3) is 6.89. The van der Waals surface area contributed by atoms with Crippen LogP contribution in [0.4, 0.5) is 0 Å². The third-order valence-electron chi connectivity index (χ3n) is 2.89. The van der Waals surface area contributed by atoms with Crippen molar-refractivity contribution in [2.75, 3.05) is 0 Å². The first-order valence-corrected chi connectivity index (χ1v) is 6.85. The maximum absolute atomic E-state index is 12.0. The Kier molecular flexibility index (Phi) is 7.65. The molecule has 0 saturated heterocycles. The zero-order chi connectivity index (χ0) is 16.7. The summed E-state index contributed by atoms with van der Waals surface area (Å²) in [7, 11) is 0. The topological polar surface area (TPSA) is 122 Å². The summed E-state index contributed by atoms with van der Waals surface area (Å²) in [5.74, 6) is -2.31. The highest BCUT2D eigenvalue weighted by atomic mass is 16.4. The molecule has 7 nitrogen and oxygen atoms in total. The predicted molar refractivity (Wildman–Crippen MR) is 79.1 cm³/mol. The Balaban J connectivity index is 4.87. The van der Waals surface area contributed by atoms with Gasteiger partial charge < -0.3 is 21.5 Å². The van der Waals surface area contributed by atoms with Crippen LogP contribution in [0.3, 0.4) is 0 Å². The van der Waals surface area contributed by atoms with Crippen molar-refractivity contribution >= 4 is 17.8 Å². The van der Waals surface area contributed by atoms with Crippen LogP contribution in [0.1, 0.15) is 34.1 Å². The molecule has 0 rings (SSSR count). The van der Waals surface area contributed by atoms with Gasteiger partial charge in [0.2, 0.25) is 11.8 Å². The van der Waals surface area contributed by atoms with E-state index in [4.69, 9.17) is 10.8 Å². The maximum Gasteiger partial charge on any atom is 0.351 e. The first kappa shape index (κ1) is 19.1. The predicted octanol–water partition coefficient (Wildman–Crippen LogP) is 0.215. The number of amides is 2. The van der Waals surface area contributed by atoms with E-state index in [1.165, 1.54) is 0 Å². The van der Waals surface area contributed by atoms with Crippen molar-refractivity contribution in [3.05, 3.63) is 12.3 Å². The van der Waals surface area contributed by atoms with Crippen molar-refractivity contribution in [3.8, 4) is 0 Å². The largest absolute Gasteiger partial charge is 0.477 e. The van der Waals surface area contributed by atoms with Gasteiger partial charge in [-0.15, -0.1) is 0 Å². The van der Waals surface area contributed by atoms with Gasteiger partial charge >= 0.3 is 5.97 Å². The highest BCUT2D eigenvalue weighted by Crippen LogP contribution is 2.07. The molecule has 0 aromatic rings. The van der Waals surface area contributed by atoms with E-state index in [0.717, 1.165) is 0 Å². The molecular weight excluding hydrogens is 274 g/mol. The lowest BCUT2D eigenvalue weighted by Crippen LogP contribution is -2.53. The van der Waals surface area contributed by atoms with Gasteiger partial charge in [-0.05, 0) is 18.3 Å². The standard InChI is InChI=1S/C14H25N3O4/c1-7(2)6-10(12(18)16-9(5)14(20)21)17-13(19)11(15)8(3)4/h7-8,10-11H,5-6,15H2,1-4H3,(H,16,18)(H,17,19)(H,20,21). The summed E-state index contributed by atoms with van der Waals surface area (Å²) in [6.45, 7) is 10.6. The van der Waals surface area contributed by atoms with Crippen LogP contribution in [0.25, 0.3) is 0 Å². The van der Waals surface area contributed by atoms with Gasteiger partial charge in [0.05, 0.1) is 6.04 Å². The molecule has 0 spiro atoms. The van der Waals surface area contributed by atoms with E-state index in [9.17, 15) is 14.4 Å². The van der Waals surface area contributed by atoms with Gasteiger partial charge in [0, 0.05) is 0 Å². The Hall–Kier alpha value is -1.89. The number of nitrogens with one attached hydrogen (secondary N) is 2. The zero-order valence-corrected chi connectivity index (χ0v) is 13.0. The van der Waals surface area contributed by atoms with Crippen molar-refractivity contribution in [3.63, 3.8) is 0 Å². The quantitative estimate of drug-likeness (QED) is 0.477. The molecule has 2 amide bonds. The highest BCUT2D eigenvalue weighted by molar-refractivity contribution is 5.95. The molecule has 0 aliphatic carbocycles. The number of rotatable bonds is 8. The SMILES string of the molecule is C=C(NC(=O)C(CC(C)C)NC(=O)C(N)C(C)C)C(=O)O. The fourth-order valence-corrected chi connectivity index (χ4v) is 1.56. The minimum Gasteiger partial charge on any atom is -0.477 e. The van der Waals surface area contributed by atoms with Crippen LogP contribution in [-0.4, -0.2) is 35.0 Å². The molecule has 2 atom stereocenters. The van der Waals surface area contributed by atoms with Gasteiger partial charge in [0.15, 0.2) is 0 Å². The van der Waals surface area contributed by atoms with Crippen molar-refractivity contribution in [2.24, 2.45) is 17.6 Å². The van der Waals surface area contributed by atoms with Gasteiger partial charge in [0.1, 0.15) is 11.7 Å². The Bertz CT molecular complexity index is 418. The molecule has 0 saturated carbocycles. The summed E-state index contributed by atoms with van der Waals surface area (Å²) in [4.78, 5) is 34.7. The number of carbonyl (C=O) groups is 3. The molecule has 0 aliphatic heterocycles. The van der Waals surface area contributed by atoms with Crippen molar-refractivity contribution in [1.29, 1.82) is 0 Å². The number of carbonyl (C=O) groups excluding carboxylic acids is 2. The summed E-state index contributed by atoms with van der Waals surface area (Å²) in [6.07, 6.45) is 0.370. The summed E-state index contributed by atoms with van der Waals surface area (Å²) < 4.78 is 0. The number of carboxylic acids is 1. The summed E-state index contributed by atoms with van der Waals surface area (Å²) in [5.41, 5.74) is 5.30. The molecule has 0 aromatic carbocycles. The normalized spacial score (nSPS) is 13.7. The lowest BCUT2D eigenvalue weighted by molar-refractivity contribution is -0.135. The molecule has 2 unspecified atom stereocenters. The molecular formula is C14H25N3O4. The molecule has 5 N–H and O–H groups in total. The highest BCUT2D eigenvalue weighted by Gasteiger charge is 2.26. The number of carboxylic acid groups (broad SMARTS) is 1. The van der Waals surface area contributed by atoms with E-state index in [2.05, 4.69) is 17.2 Å². The third-order valence-corrected chi connectivity index (χ3v) is 2.89.